The van der Waals surface area contributed by atoms with Gasteiger partial charge in [0.15, 0.2) is 5.78 Å². The van der Waals surface area contributed by atoms with Crippen molar-refractivity contribution >= 4 is 5.78 Å². The Morgan fingerprint density at radius 1 is 1.15 bits per heavy atom. The van der Waals surface area contributed by atoms with Crippen LogP contribution in [0.25, 0.3) is 0 Å². The van der Waals surface area contributed by atoms with Crippen LogP contribution in [0.1, 0.15) is 61.7 Å². The highest BCUT2D eigenvalue weighted by Crippen LogP contribution is 2.45. The van der Waals surface area contributed by atoms with Gasteiger partial charge in [0, 0.05) is 0 Å². The highest BCUT2D eigenvalue weighted by atomic mass is 16.5. The Hall–Kier alpha value is -1.51. The monoisotopic (exact) mass is 272 g/mol. The molecule has 1 aromatic rings. The topological polar surface area (TPSA) is 35.5 Å². The molecule has 2 fully saturated rings. The summed E-state index contributed by atoms with van der Waals surface area (Å²) in [4.78, 5) is 12.3. The van der Waals surface area contributed by atoms with Crippen molar-refractivity contribution in [3.05, 3.63) is 23.8 Å². The Balaban J connectivity index is 1.57. The van der Waals surface area contributed by atoms with E-state index in [9.17, 15) is 4.79 Å². The van der Waals surface area contributed by atoms with Gasteiger partial charge in [-0.15, -0.1) is 0 Å². The maximum absolute atomic E-state index is 12.3. The number of rotatable bonds is 2. The summed E-state index contributed by atoms with van der Waals surface area (Å²) < 4.78 is 12.0. The first kappa shape index (κ1) is 12.2. The van der Waals surface area contributed by atoms with E-state index in [0.717, 1.165) is 37.2 Å². The molecule has 106 valence electrons. The summed E-state index contributed by atoms with van der Waals surface area (Å²) in [6.45, 7) is 0. The number of ether oxygens (including phenoxy) is 2. The second-order valence-corrected chi connectivity index (χ2v) is 6.42. The maximum atomic E-state index is 12.3. The molecule has 0 bridgehead atoms. The minimum atomic E-state index is -0.183. The Labute approximate surface area is 119 Å². The molecular weight excluding hydrogens is 252 g/mol. The quantitative estimate of drug-likeness (QED) is 0.819. The van der Waals surface area contributed by atoms with Gasteiger partial charge in [0.25, 0.3) is 0 Å². The van der Waals surface area contributed by atoms with Crippen molar-refractivity contribution in [1.82, 2.24) is 0 Å². The van der Waals surface area contributed by atoms with Gasteiger partial charge >= 0.3 is 0 Å². The molecule has 0 aromatic heterocycles. The molecule has 1 aliphatic heterocycles. The van der Waals surface area contributed by atoms with Crippen molar-refractivity contribution < 1.29 is 14.3 Å². The van der Waals surface area contributed by atoms with Crippen LogP contribution in [0.2, 0.25) is 0 Å². The number of fused-ring (bicyclic) bond motifs is 1. The van der Waals surface area contributed by atoms with Crippen LogP contribution < -0.4 is 9.47 Å². The van der Waals surface area contributed by atoms with E-state index in [2.05, 4.69) is 0 Å². The second kappa shape index (κ2) is 4.51. The van der Waals surface area contributed by atoms with Crippen LogP contribution in [0.3, 0.4) is 0 Å². The van der Waals surface area contributed by atoms with E-state index in [1.54, 1.807) is 0 Å². The summed E-state index contributed by atoms with van der Waals surface area (Å²) in [6.07, 6.45) is 8.82. The van der Waals surface area contributed by atoms with Gasteiger partial charge < -0.3 is 9.47 Å². The lowest BCUT2D eigenvalue weighted by Crippen LogP contribution is -2.47. The van der Waals surface area contributed by atoms with E-state index >= 15 is 0 Å². The molecule has 0 atom stereocenters. The lowest BCUT2D eigenvalue weighted by molar-refractivity contribution is -0.0178. The Bertz CT molecular complexity index is 539. The molecule has 3 heteroatoms. The summed E-state index contributed by atoms with van der Waals surface area (Å²) in [5, 5.41) is 0. The molecule has 2 aliphatic carbocycles. The second-order valence-electron chi connectivity index (χ2n) is 6.42. The molecule has 3 nitrogen and oxygen atoms in total. The van der Waals surface area contributed by atoms with Gasteiger partial charge in [-0.3, -0.25) is 4.79 Å². The molecule has 3 aliphatic rings. The molecule has 2 saturated carbocycles. The van der Waals surface area contributed by atoms with Gasteiger partial charge in [-0.1, -0.05) is 0 Å². The summed E-state index contributed by atoms with van der Waals surface area (Å²) in [5.41, 5.74) is 0.524. The predicted octanol–water partition coefficient (Wildman–Crippen LogP) is 3.90. The first-order valence-electron chi connectivity index (χ1n) is 7.77. The standard InChI is InChI=1S/C17H20O3/c18-15-11-17(8-3-9-17)20-16-7-6-13(10-14(15)16)19-12-4-1-2-5-12/h6-7,10,12H,1-5,8-9,11H2. The summed E-state index contributed by atoms with van der Waals surface area (Å²) >= 11 is 0. The molecule has 0 saturated heterocycles. The first-order chi connectivity index (χ1) is 9.74. The third-order valence-corrected chi connectivity index (χ3v) is 4.93. The molecule has 4 rings (SSSR count). The highest BCUT2D eigenvalue weighted by molar-refractivity contribution is 6.00. The fourth-order valence-corrected chi connectivity index (χ4v) is 3.60. The van der Waals surface area contributed by atoms with Crippen LogP contribution >= 0.6 is 0 Å². The van der Waals surface area contributed by atoms with E-state index in [1.165, 1.54) is 19.3 Å². The third kappa shape index (κ3) is 2.00. The smallest absolute Gasteiger partial charge is 0.170 e. The number of Topliss-reactive ketones (excluding diaryl/α,β-unsaturated/α-hetero) is 1. The van der Waals surface area contributed by atoms with Gasteiger partial charge in [0.05, 0.1) is 18.1 Å². The maximum Gasteiger partial charge on any atom is 0.170 e. The van der Waals surface area contributed by atoms with Crippen molar-refractivity contribution in [2.45, 2.75) is 63.1 Å². The molecule has 1 aromatic carbocycles. The SMILES string of the molecule is O=C1CC2(CCC2)Oc2ccc(OC3CCCC3)cc21. The highest BCUT2D eigenvalue weighted by Gasteiger charge is 2.45. The molecule has 1 heterocycles. The third-order valence-electron chi connectivity index (χ3n) is 4.93. The van der Waals surface area contributed by atoms with Crippen molar-refractivity contribution in [2.24, 2.45) is 0 Å². The van der Waals surface area contributed by atoms with Crippen molar-refractivity contribution in [3.63, 3.8) is 0 Å². The summed E-state index contributed by atoms with van der Waals surface area (Å²) in [5.74, 6) is 1.78. The number of carbonyl (C=O) groups is 1. The van der Waals surface area contributed by atoms with Crippen LogP contribution in [0.4, 0.5) is 0 Å². The number of ketones is 1. The largest absolute Gasteiger partial charge is 0.490 e. The average molecular weight is 272 g/mol. The molecule has 20 heavy (non-hydrogen) atoms. The van der Waals surface area contributed by atoms with Crippen LogP contribution in [-0.2, 0) is 0 Å². The fraction of sp³-hybridized carbons (Fsp3) is 0.588. The van der Waals surface area contributed by atoms with Gasteiger partial charge in [0.2, 0.25) is 0 Å². The number of benzene rings is 1. The van der Waals surface area contributed by atoms with Gasteiger partial charge in [-0.2, -0.15) is 0 Å². The van der Waals surface area contributed by atoms with Crippen LogP contribution in [-0.4, -0.2) is 17.5 Å². The lowest BCUT2D eigenvalue weighted by atomic mass is 9.74. The molecule has 0 amide bonds. The molecule has 0 radical (unpaired) electrons. The van der Waals surface area contributed by atoms with E-state index in [-0.39, 0.29) is 11.4 Å². The molecule has 1 spiro atoms. The van der Waals surface area contributed by atoms with Crippen LogP contribution in [0, 0.1) is 0 Å². The zero-order chi connectivity index (χ0) is 13.6. The number of hydrogen-bond acceptors (Lipinski definition) is 3. The van der Waals surface area contributed by atoms with Crippen LogP contribution in [0.15, 0.2) is 18.2 Å². The number of hydrogen-bond donors (Lipinski definition) is 0. The summed E-state index contributed by atoms with van der Waals surface area (Å²) in [7, 11) is 0. The van der Waals surface area contributed by atoms with E-state index in [4.69, 9.17) is 9.47 Å². The zero-order valence-electron chi connectivity index (χ0n) is 11.7. The van der Waals surface area contributed by atoms with E-state index < -0.39 is 0 Å². The van der Waals surface area contributed by atoms with Gasteiger partial charge in [-0.05, 0) is 63.1 Å². The Kier molecular flexibility index (Phi) is 2.76. The first-order valence-corrected chi connectivity index (χ1v) is 7.77. The van der Waals surface area contributed by atoms with Crippen molar-refractivity contribution in [1.29, 1.82) is 0 Å². The molecule has 0 unspecified atom stereocenters. The van der Waals surface area contributed by atoms with Gasteiger partial charge in [-0.25, -0.2) is 0 Å². The lowest BCUT2D eigenvalue weighted by Gasteiger charge is -2.44. The van der Waals surface area contributed by atoms with E-state index in [1.807, 2.05) is 18.2 Å². The van der Waals surface area contributed by atoms with Gasteiger partial charge in [0.1, 0.15) is 17.1 Å². The fourth-order valence-electron chi connectivity index (χ4n) is 3.60. The Morgan fingerprint density at radius 3 is 2.65 bits per heavy atom. The van der Waals surface area contributed by atoms with Crippen LogP contribution in [0.5, 0.6) is 11.5 Å². The van der Waals surface area contributed by atoms with Crippen molar-refractivity contribution in [2.75, 3.05) is 0 Å². The van der Waals surface area contributed by atoms with Crippen molar-refractivity contribution in [3.8, 4) is 11.5 Å². The average Bonchev–Trinajstić information content (AvgIpc) is 2.90. The minimum Gasteiger partial charge on any atom is -0.490 e. The molecule has 0 N–H and O–H groups in total. The van der Waals surface area contributed by atoms with E-state index in [0.29, 0.717) is 18.1 Å². The number of carbonyl (C=O) groups excluding carboxylic acids is 1. The summed E-state index contributed by atoms with van der Waals surface area (Å²) in [6, 6.07) is 5.74. The normalized spacial score (nSPS) is 24.1. The molecular formula is C17H20O3. The predicted molar refractivity (Wildman–Crippen MR) is 75.5 cm³/mol. The zero-order valence-corrected chi connectivity index (χ0v) is 11.7. The Morgan fingerprint density at radius 2 is 1.95 bits per heavy atom. The minimum absolute atomic E-state index is 0.183.